The lowest BCUT2D eigenvalue weighted by atomic mass is 9.80. The molecule has 1 aromatic carbocycles. The van der Waals surface area contributed by atoms with Crippen LogP contribution in [0.15, 0.2) is 12.1 Å². The third kappa shape index (κ3) is 7.50. The average Bonchev–Trinajstić information content (AvgIpc) is 2.80. The topological polar surface area (TPSA) is 35.5 Å². The number of benzene rings is 1. The first-order valence-corrected chi connectivity index (χ1v) is 12.4. The zero-order chi connectivity index (χ0) is 22.9. The highest BCUT2D eigenvalue weighted by molar-refractivity contribution is 5.75. The molecule has 6 heteroatoms. The molecule has 0 saturated heterocycles. The number of halogens is 3. The van der Waals surface area contributed by atoms with Gasteiger partial charge in [-0.2, -0.15) is 0 Å². The minimum absolute atomic E-state index is 0.159. The molecule has 0 atom stereocenters. The van der Waals surface area contributed by atoms with Crippen molar-refractivity contribution >= 4 is 5.97 Å². The van der Waals surface area contributed by atoms with Gasteiger partial charge in [-0.3, -0.25) is 4.79 Å². The summed E-state index contributed by atoms with van der Waals surface area (Å²) in [5.74, 6) is -3.90. The van der Waals surface area contributed by atoms with Crippen molar-refractivity contribution in [3.8, 4) is 5.75 Å². The van der Waals surface area contributed by atoms with Crippen LogP contribution in [0.4, 0.5) is 13.2 Å². The Bertz CT molecular complexity index is 700. The minimum Gasteiger partial charge on any atom is -0.426 e. The zero-order valence-electron chi connectivity index (χ0n) is 19.2. The van der Waals surface area contributed by atoms with Crippen molar-refractivity contribution < 1.29 is 27.4 Å². The van der Waals surface area contributed by atoms with E-state index in [1.807, 2.05) is 0 Å². The van der Waals surface area contributed by atoms with Crippen LogP contribution >= 0.6 is 0 Å². The van der Waals surface area contributed by atoms with Gasteiger partial charge in [-0.1, -0.05) is 51.9 Å². The first kappa shape index (κ1) is 25.1. The summed E-state index contributed by atoms with van der Waals surface area (Å²) in [6.07, 6.45) is 14.9. The number of carbonyl (C=O) groups excluding carboxylic acids is 1. The molecule has 0 aromatic heterocycles. The van der Waals surface area contributed by atoms with Crippen LogP contribution in [0.3, 0.4) is 0 Å². The van der Waals surface area contributed by atoms with Crippen molar-refractivity contribution in [1.29, 1.82) is 0 Å². The molecule has 0 unspecified atom stereocenters. The molecule has 0 radical (unpaired) electrons. The molecule has 0 bridgehead atoms. The molecule has 2 saturated carbocycles. The van der Waals surface area contributed by atoms with Gasteiger partial charge >= 0.3 is 5.97 Å². The summed E-state index contributed by atoms with van der Waals surface area (Å²) >= 11 is 0. The Morgan fingerprint density at radius 1 is 0.875 bits per heavy atom. The first-order valence-electron chi connectivity index (χ1n) is 12.4. The van der Waals surface area contributed by atoms with E-state index in [-0.39, 0.29) is 17.8 Å². The van der Waals surface area contributed by atoms with E-state index in [1.54, 1.807) is 0 Å². The Morgan fingerprint density at radius 2 is 1.50 bits per heavy atom. The lowest BCUT2D eigenvalue weighted by molar-refractivity contribution is -0.141. The van der Waals surface area contributed by atoms with Gasteiger partial charge in [0.25, 0.3) is 0 Å². The Hall–Kier alpha value is -1.56. The van der Waals surface area contributed by atoms with E-state index in [2.05, 4.69) is 6.92 Å². The van der Waals surface area contributed by atoms with Crippen LogP contribution in [0.1, 0.15) is 90.4 Å². The molecule has 2 aliphatic rings. The minimum atomic E-state index is -1.57. The van der Waals surface area contributed by atoms with Gasteiger partial charge in [0.1, 0.15) is 5.75 Å². The Labute approximate surface area is 190 Å². The molecule has 0 spiro atoms. The number of ether oxygens (including phenoxy) is 2. The maximum absolute atomic E-state index is 13.3. The molecule has 32 heavy (non-hydrogen) atoms. The third-order valence-corrected chi connectivity index (χ3v) is 7.18. The Morgan fingerprint density at radius 3 is 2.12 bits per heavy atom. The summed E-state index contributed by atoms with van der Waals surface area (Å²) in [6.45, 7) is 3.05. The van der Waals surface area contributed by atoms with E-state index >= 15 is 0 Å². The van der Waals surface area contributed by atoms with Crippen molar-refractivity contribution in [2.75, 3.05) is 6.61 Å². The summed E-state index contributed by atoms with van der Waals surface area (Å²) in [6, 6.07) is 1.40. The van der Waals surface area contributed by atoms with Crippen LogP contribution < -0.4 is 4.74 Å². The number of unbranched alkanes of at least 4 members (excludes halogenated alkanes) is 3. The second-order valence-electron chi connectivity index (χ2n) is 9.67. The molecule has 0 amide bonds. The lowest BCUT2D eigenvalue weighted by Gasteiger charge is -2.31. The van der Waals surface area contributed by atoms with Crippen molar-refractivity contribution in [2.45, 2.75) is 96.5 Å². The number of carbonyl (C=O) groups is 1. The van der Waals surface area contributed by atoms with Gasteiger partial charge < -0.3 is 9.47 Å². The maximum Gasteiger partial charge on any atom is 0.314 e. The average molecular weight is 455 g/mol. The second kappa shape index (κ2) is 12.6. The summed E-state index contributed by atoms with van der Waals surface area (Å²) in [5, 5.41) is 0. The van der Waals surface area contributed by atoms with Crippen LogP contribution in [-0.2, 0) is 9.53 Å². The summed E-state index contributed by atoms with van der Waals surface area (Å²) in [5.41, 5.74) is 0. The molecule has 180 valence electrons. The van der Waals surface area contributed by atoms with Gasteiger partial charge in [-0.05, 0) is 50.4 Å². The van der Waals surface area contributed by atoms with E-state index < -0.39 is 23.4 Å². The molecule has 2 fully saturated rings. The zero-order valence-corrected chi connectivity index (χ0v) is 19.2. The molecule has 3 rings (SSSR count). The number of hydrogen-bond donors (Lipinski definition) is 0. The van der Waals surface area contributed by atoms with Crippen molar-refractivity contribution in [3.05, 3.63) is 29.6 Å². The summed E-state index contributed by atoms with van der Waals surface area (Å²) in [4.78, 5) is 12.3. The van der Waals surface area contributed by atoms with Crippen molar-refractivity contribution in [3.63, 3.8) is 0 Å². The van der Waals surface area contributed by atoms with Crippen LogP contribution in [0.25, 0.3) is 0 Å². The smallest absolute Gasteiger partial charge is 0.314 e. The lowest BCUT2D eigenvalue weighted by Crippen LogP contribution is -2.30. The van der Waals surface area contributed by atoms with Crippen LogP contribution in [0.5, 0.6) is 5.75 Å². The maximum atomic E-state index is 13.3. The predicted molar refractivity (Wildman–Crippen MR) is 118 cm³/mol. The SMILES string of the molecule is CCCCCCC1CCC(COC2CCC(C(=O)Oc3cc(F)c(F)c(F)c3)CC2)CC1. The molecule has 2 aliphatic carbocycles. The normalized spacial score (nSPS) is 26.1. The molecular weight excluding hydrogens is 417 g/mol. The monoisotopic (exact) mass is 454 g/mol. The van der Waals surface area contributed by atoms with E-state index in [1.165, 1.54) is 57.8 Å². The molecule has 1 aromatic rings. The summed E-state index contributed by atoms with van der Waals surface area (Å²) in [7, 11) is 0. The van der Waals surface area contributed by atoms with E-state index in [4.69, 9.17) is 9.47 Å². The van der Waals surface area contributed by atoms with Gasteiger partial charge in [0.2, 0.25) is 0 Å². The van der Waals surface area contributed by atoms with E-state index in [9.17, 15) is 18.0 Å². The fraction of sp³-hybridized carbons (Fsp3) is 0.731. The highest BCUT2D eigenvalue weighted by Crippen LogP contribution is 2.34. The van der Waals surface area contributed by atoms with E-state index in [0.29, 0.717) is 30.9 Å². The highest BCUT2D eigenvalue weighted by Gasteiger charge is 2.29. The van der Waals surface area contributed by atoms with Gasteiger partial charge in [0.05, 0.1) is 12.0 Å². The standard InChI is InChI=1S/C26H37F3O3/c1-2-3-4-5-6-18-7-9-19(10-8-18)17-31-21-13-11-20(12-14-21)26(30)32-22-15-23(27)25(29)24(28)16-22/h15-16,18-21H,2-14,17H2,1H3. The molecule has 3 nitrogen and oxygen atoms in total. The van der Waals surface area contributed by atoms with Crippen LogP contribution in [0, 0.1) is 35.2 Å². The fourth-order valence-electron chi connectivity index (χ4n) is 5.07. The Kier molecular flexibility index (Phi) is 9.89. The van der Waals surface area contributed by atoms with Crippen LogP contribution in [-0.4, -0.2) is 18.7 Å². The predicted octanol–water partition coefficient (Wildman–Crippen LogP) is 7.36. The van der Waals surface area contributed by atoms with Crippen molar-refractivity contribution in [1.82, 2.24) is 0 Å². The Balaban J connectivity index is 1.31. The van der Waals surface area contributed by atoms with Gasteiger partial charge in [0, 0.05) is 18.7 Å². The second-order valence-corrected chi connectivity index (χ2v) is 9.67. The van der Waals surface area contributed by atoms with Gasteiger partial charge in [-0.15, -0.1) is 0 Å². The summed E-state index contributed by atoms with van der Waals surface area (Å²) < 4.78 is 50.9. The third-order valence-electron chi connectivity index (χ3n) is 7.18. The first-order chi connectivity index (χ1) is 15.5. The molecule has 0 N–H and O–H groups in total. The number of hydrogen-bond acceptors (Lipinski definition) is 3. The molecule has 0 aliphatic heterocycles. The number of rotatable bonds is 10. The van der Waals surface area contributed by atoms with E-state index in [0.717, 1.165) is 25.4 Å². The fourth-order valence-corrected chi connectivity index (χ4v) is 5.07. The van der Waals surface area contributed by atoms with Crippen LogP contribution in [0.2, 0.25) is 0 Å². The van der Waals surface area contributed by atoms with Crippen molar-refractivity contribution in [2.24, 2.45) is 17.8 Å². The van der Waals surface area contributed by atoms with Gasteiger partial charge in [-0.25, -0.2) is 13.2 Å². The molecule has 0 heterocycles. The highest BCUT2D eigenvalue weighted by atomic mass is 19.2. The quantitative estimate of drug-likeness (QED) is 0.160. The largest absolute Gasteiger partial charge is 0.426 e. The number of esters is 1. The molecular formula is C26H37F3O3. The van der Waals surface area contributed by atoms with Gasteiger partial charge in [0.15, 0.2) is 17.5 Å².